The van der Waals surface area contributed by atoms with Crippen LogP contribution in [0.5, 0.6) is 11.5 Å². The van der Waals surface area contributed by atoms with Crippen LogP contribution < -0.4 is 10.1 Å². The number of nitro groups is 1. The molecule has 0 saturated heterocycles. The number of anilines is 1. The van der Waals surface area contributed by atoms with Gasteiger partial charge in [0.2, 0.25) is 11.7 Å². The van der Waals surface area contributed by atoms with E-state index >= 15 is 0 Å². The monoisotopic (exact) mass is 378 g/mol. The maximum absolute atomic E-state index is 11.6. The van der Waals surface area contributed by atoms with Gasteiger partial charge in [-0.3, -0.25) is 14.9 Å². The summed E-state index contributed by atoms with van der Waals surface area (Å²) in [4.78, 5) is 22.2. The van der Waals surface area contributed by atoms with E-state index in [-0.39, 0.29) is 23.3 Å². The van der Waals surface area contributed by atoms with Gasteiger partial charge in [0.25, 0.3) is 0 Å². The Morgan fingerprint density at radius 2 is 1.87 bits per heavy atom. The van der Waals surface area contributed by atoms with Gasteiger partial charge < -0.3 is 10.1 Å². The summed E-state index contributed by atoms with van der Waals surface area (Å²) in [7, 11) is 0. The zero-order valence-electron chi connectivity index (χ0n) is 12.6. The molecule has 120 valence electrons. The fourth-order valence-electron chi connectivity index (χ4n) is 1.74. The minimum atomic E-state index is -0.503. The summed E-state index contributed by atoms with van der Waals surface area (Å²) in [6.07, 6.45) is 0. The highest BCUT2D eigenvalue weighted by Crippen LogP contribution is 2.33. The highest BCUT2D eigenvalue weighted by Gasteiger charge is 2.16. The van der Waals surface area contributed by atoms with Crippen molar-refractivity contribution in [2.75, 3.05) is 5.32 Å². The smallest absolute Gasteiger partial charge is 0.312 e. The average Bonchev–Trinajstić information content (AvgIpc) is 2.50. The van der Waals surface area contributed by atoms with Crippen LogP contribution in [0.2, 0.25) is 0 Å². The molecule has 0 radical (unpaired) electrons. The number of nitrogens with zero attached hydrogens (tertiary/aromatic N) is 1. The molecule has 0 spiro atoms. The Morgan fingerprint density at radius 3 is 2.43 bits per heavy atom. The highest BCUT2D eigenvalue weighted by molar-refractivity contribution is 9.10. The van der Waals surface area contributed by atoms with Gasteiger partial charge in [-0.05, 0) is 36.4 Å². The molecule has 0 aliphatic rings. The number of amides is 1. The summed E-state index contributed by atoms with van der Waals surface area (Å²) in [6.45, 7) is 3.61. The lowest BCUT2D eigenvalue weighted by Gasteiger charge is -2.09. The zero-order valence-corrected chi connectivity index (χ0v) is 14.2. The highest BCUT2D eigenvalue weighted by atomic mass is 79.9. The molecule has 2 aromatic carbocycles. The lowest BCUT2D eigenvalue weighted by atomic mass is 10.2. The minimum absolute atomic E-state index is 0.0813. The third-order valence-corrected chi connectivity index (χ3v) is 3.48. The summed E-state index contributed by atoms with van der Waals surface area (Å²) < 4.78 is 6.16. The fourth-order valence-corrected chi connectivity index (χ4v) is 2.09. The molecule has 6 nitrogen and oxygen atoms in total. The van der Waals surface area contributed by atoms with Crippen molar-refractivity contribution in [3.63, 3.8) is 0 Å². The number of carbonyl (C=O) groups is 1. The SMILES string of the molecule is CC(C)C(=O)Nc1ccc(Oc2ccc(Br)cc2[N+](=O)[O-])cc1. The van der Waals surface area contributed by atoms with E-state index in [1.165, 1.54) is 12.1 Å². The lowest BCUT2D eigenvalue weighted by Crippen LogP contribution is -2.17. The summed E-state index contributed by atoms with van der Waals surface area (Å²) in [5.41, 5.74) is 0.512. The van der Waals surface area contributed by atoms with Gasteiger partial charge in [-0.2, -0.15) is 0 Å². The molecule has 0 saturated carbocycles. The van der Waals surface area contributed by atoms with Crippen LogP contribution in [0.3, 0.4) is 0 Å². The molecule has 23 heavy (non-hydrogen) atoms. The van der Waals surface area contributed by atoms with E-state index in [2.05, 4.69) is 21.2 Å². The van der Waals surface area contributed by atoms with Gasteiger partial charge in [0.05, 0.1) is 4.92 Å². The molecule has 7 heteroatoms. The van der Waals surface area contributed by atoms with Crippen molar-refractivity contribution in [1.29, 1.82) is 0 Å². The second-order valence-corrected chi connectivity index (χ2v) is 6.06. The van der Waals surface area contributed by atoms with E-state index < -0.39 is 4.92 Å². The quantitative estimate of drug-likeness (QED) is 0.601. The molecular formula is C16H15BrN2O4. The minimum Gasteiger partial charge on any atom is -0.450 e. The molecule has 0 aliphatic heterocycles. The Labute approximate surface area is 141 Å². The molecular weight excluding hydrogens is 364 g/mol. The Bertz CT molecular complexity index is 729. The van der Waals surface area contributed by atoms with Crippen LogP contribution in [0.4, 0.5) is 11.4 Å². The summed E-state index contributed by atoms with van der Waals surface area (Å²) in [5.74, 6) is 0.397. The van der Waals surface area contributed by atoms with Gasteiger partial charge in [-0.25, -0.2) is 0 Å². The summed E-state index contributed by atoms with van der Waals surface area (Å²) in [6, 6.07) is 11.2. The zero-order chi connectivity index (χ0) is 17.0. The fraction of sp³-hybridized carbons (Fsp3) is 0.188. The molecule has 0 atom stereocenters. The Morgan fingerprint density at radius 1 is 1.22 bits per heavy atom. The van der Waals surface area contributed by atoms with Crippen molar-refractivity contribution in [2.24, 2.45) is 5.92 Å². The van der Waals surface area contributed by atoms with Crippen LogP contribution >= 0.6 is 15.9 Å². The molecule has 1 N–H and O–H groups in total. The normalized spacial score (nSPS) is 10.4. The summed E-state index contributed by atoms with van der Waals surface area (Å²) >= 11 is 3.19. The van der Waals surface area contributed by atoms with E-state index in [0.29, 0.717) is 15.9 Å². The number of halogens is 1. The van der Waals surface area contributed by atoms with Crippen LogP contribution in [0.1, 0.15) is 13.8 Å². The first kappa shape index (κ1) is 17.0. The topological polar surface area (TPSA) is 81.5 Å². The largest absolute Gasteiger partial charge is 0.450 e. The first-order chi connectivity index (χ1) is 10.9. The number of rotatable bonds is 5. The van der Waals surface area contributed by atoms with Crippen molar-refractivity contribution in [1.82, 2.24) is 0 Å². The van der Waals surface area contributed by atoms with Gasteiger partial charge in [-0.1, -0.05) is 29.8 Å². The maximum atomic E-state index is 11.6. The standard InChI is InChI=1S/C16H15BrN2O4/c1-10(2)16(20)18-12-4-6-13(7-5-12)23-15-8-3-11(17)9-14(15)19(21)22/h3-10H,1-2H3,(H,18,20). The first-order valence-corrected chi connectivity index (χ1v) is 7.69. The van der Waals surface area contributed by atoms with Crippen molar-refractivity contribution in [3.8, 4) is 11.5 Å². The van der Waals surface area contributed by atoms with Crippen LogP contribution in [0.25, 0.3) is 0 Å². The third-order valence-electron chi connectivity index (χ3n) is 2.99. The van der Waals surface area contributed by atoms with Gasteiger partial charge in [0.15, 0.2) is 0 Å². The van der Waals surface area contributed by atoms with Crippen molar-refractivity contribution in [2.45, 2.75) is 13.8 Å². The predicted molar refractivity (Wildman–Crippen MR) is 90.8 cm³/mol. The summed E-state index contributed by atoms with van der Waals surface area (Å²) in [5, 5.41) is 13.8. The average molecular weight is 379 g/mol. The van der Waals surface area contributed by atoms with E-state index in [9.17, 15) is 14.9 Å². The Kier molecular flexibility index (Phi) is 5.33. The van der Waals surface area contributed by atoms with E-state index in [1.54, 1.807) is 44.2 Å². The Balaban J connectivity index is 2.16. The number of ether oxygens (including phenoxy) is 1. The van der Waals surface area contributed by atoms with Crippen LogP contribution in [0.15, 0.2) is 46.9 Å². The molecule has 1 amide bonds. The Hall–Kier alpha value is -2.41. The van der Waals surface area contributed by atoms with Crippen molar-refractivity contribution < 1.29 is 14.5 Å². The van der Waals surface area contributed by atoms with Gasteiger partial charge in [0, 0.05) is 22.1 Å². The van der Waals surface area contributed by atoms with E-state index in [0.717, 1.165) is 0 Å². The molecule has 0 fully saturated rings. The molecule has 0 aromatic heterocycles. The van der Waals surface area contributed by atoms with E-state index in [4.69, 9.17) is 4.74 Å². The number of benzene rings is 2. The predicted octanol–water partition coefficient (Wildman–Crippen LogP) is 4.74. The number of hydrogen-bond donors (Lipinski definition) is 1. The molecule has 2 rings (SSSR count). The molecule has 0 heterocycles. The lowest BCUT2D eigenvalue weighted by molar-refractivity contribution is -0.385. The number of carbonyl (C=O) groups excluding carboxylic acids is 1. The molecule has 0 unspecified atom stereocenters. The van der Waals surface area contributed by atoms with Gasteiger partial charge >= 0.3 is 5.69 Å². The van der Waals surface area contributed by atoms with Crippen molar-refractivity contribution in [3.05, 3.63) is 57.1 Å². The third kappa shape index (κ3) is 4.53. The molecule has 0 aliphatic carbocycles. The van der Waals surface area contributed by atoms with Crippen molar-refractivity contribution >= 4 is 33.2 Å². The molecule has 2 aromatic rings. The number of nitrogens with one attached hydrogen (secondary N) is 1. The van der Waals surface area contributed by atoms with Gasteiger partial charge in [0.1, 0.15) is 5.75 Å². The second kappa shape index (κ2) is 7.23. The molecule has 0 bridgehead atoms. The number of nitro benzene ring substituents is 1. The maximum Gasteiger partial charge on any atom is 0.312 e. The van der Waals surface area contributed by atoms with E-state index in [1.807, 2.05) is 0 Å². The first-order valence-electron chi connectivity index (χ1n) is 6.89. The number of hydrogen-bond acceptors (Lipinski definition) is 4. The van der Waals surface area contributed by atoms with Crippen LogP contribution in [0, 0.1) is 16.0 Å². The van der Waals surface area contributed by atoms with Crippen LogP contribution in [-0.4, -0.2) is 10.8 Å². The van der Waals surface area contributed by atoms with Gasteiger partial charge in [-0.15, -0.1) is 0 Å². The van der Waals surface area contributed by atoms with Crippen LogP contribution in [-0.2, 0) is 4.79 Å². The second-order valence-electron chi connectivity index (χ2n) is 5.14.